The van der Waals surface area contributed by atoms with Gasteiger partial charge in [-0.2, -0.15) is 4.98 Å². The molecule has 0 bridgehead atoms. The van der Waals surface area contributed by atoms with E-state index < -0.39 is 0 Å². The zero-order chi connectivity index (χ0) is 22.4. The molecule has 7 nitrogen and oxygen atoms in total. The molecule has 3 rings (SSSR count). The van der Waals surface area contributed by atoms with Crippen LogP contribution in [-0.4, -0.2) is 27.3 Å². The second kappa shape index (κ2) is 9.84. The fourth-order valence-corrected chi connectivity index (χ4v) is 2.99. The number of aromatic nitrogens is 3. The van der Waals surface area contributed by atoms with Crippen LogP contribution in [0.4, 0.5) is 23.1 Å². The lowest BCUT2D eigenvalue weighted by Crippen LogP contribution is -2.07. The highest BCUT2D eigenvalue weighted by molar-refractivity contribution is 5.92. The average molecular weight is 418 g/mol. The van der Waals surface area contributed by atoms with Gasteiger partial charge in [0.25, 0.3) is 0 Å². The summed E-state index contributed by atoms with van der Waals surface area (Å²) < 4.78 is 5.49. The molecular weight excluding hydrogens is 390 g/mol. The first-order valence-electron chi connectivity index (χ1n) is 10.1. The smallest absolute Gasteiger partial charge is 0.229 e. The highest BCUT2D eigenvalue weighted by Crippen LogP contribution is 2.26. The third kappa shape index (κ3) is 5.66. The van der Waals surface area contributed by atoms with Gasteiger partial charge in [-0.3, -0.25) is 4.79 Å². The molecule has 7 heteroatoms. The summed E-state index contributed by atoms with van der Waals surface area (Å²) in [6.45, 7) is 11.9. The van der Waals surface area contributed by atoms with Crippen LogP contribution in [0.3, 0.4) is 0 Å². The van der Waals surface area contributed by atoms with Gasteiger partial charge < -0.3 is 15.4 Å². The Morgan fingerprint density at radius 2 is 1.84 bits per heavy atom. The van der Waals surface area contributed by atoms with E-state index in [-0.39, 0.29) is 12.2 Å². The fraction of sp³-hybridized carbons (Fsp3) is 0.250. The minimum Gasteiger partial charge on any atom is -0.478 e. The molecule has 3 aromatic rings. The normalized spacial score (nSPS) is 10.5. The van der Waals surface area contributed by atoms with E-state index in [9.17, 15) is 4.79 Å². The molecular formula is C24H27N5O2. The van der Waals surface area contributed by atoms with Gasteiger partial charge in [-0.25, -0.2) is 9.97 Å². The van der Waals surface area contributed by atoms with E-state index in [1.54, 1.807) is 12.4 Å². The Bertz CT molecular complexity index is 1110. The molecule has 2 aromatic heterocycles. The molecule has 0 saturated heterocycles. The molecule has 0 aliphatic rings. The monoisotopic (exact) mass is 417 g/mol. The van der Waals surface area contributed by atoms with Gasteiger partial charge in [0.2, 0.25) is 11.8 Å². The number of ketones is 1. The van der Waals surface area contributed by atoms with Crippen molar-refractivity contribution >= 4 is 28.9 Å². The molecule has 2 N–H and O–H groups in total. The number of carbonyl (C=O) groups excluding carboxylic acids is 1. The lowest BCUT2D eigenvalue weighted by molar-refractivity contribution is -0.114. The molecule has 0 aliphatic carbocycles. The van der Waals surface area contributed by atoms with Gasteiger partial charge in [0.05, 0.1) is 12.3 Å². The van der Waals surface area contributed by atoms with Gasteiger partial charge in [0.15, 0.2) is 5.78 Å². The minimum absolute atomic E-state index is 0.0336. The van der Waals surface area contributed by atoms with E-state index in [0.29, 0.717) is 24.3 Å². The summed E-state index contributed by atoms with van der Waals surface area (Å²) in [4.78, 5) is 25.2. The highest BCUT2D eigenvalue weighted by atomic mass is 16.5. The summed E-state index contributed by atoms with van der Waals surface area (Å²) in [5.74, 6) is 1.61. The zero-order valence-corrected chi connectivity index (χ0v) is 18.3. The first kappa shape index (κ1) is 22.0. The predicted octanol–water partition coefficient (Wildman–Crippen LogP) is 4.98. The Morgan fingerprint density at radius 3 is 2.58 bits per heavy atom. The van der Waals surface area contributed by atoms with Crippen molar-refractivity contribution in [2.45, 2.75) is 34.1 Å². The fourth-order valence-electron chi connectivity index (χ4n) is 2.99. The van der Waals surface area contributed by atoms with Crippen molar-refractivity contribution < 1.29 is 9.53 Å². The first-order chi connectivity index (χ1) is 14.9. The van der Waals surface area contributed by atoms with Crippen molar-refractivity contribution in [2.24, 2.45) is 0 Å². The second-order valence-electron chi connectivity index (χ2n) is 7.25. The topological polar surface area (TPSA) is 89.0 Å². The van der Waals surface area contributed by atoms with Crippen molar-refractivity contribution in [3.05, 3.63) is 71.6 Å². The molecule has 1 aromatic carbocycles. The van der Waals surface area contributed by atoms with Gasteiger partial charge in [-0.15, -0.1) is 0 Å². The molecule has 0 spiro atoms. The van der Waals surface area contributed by atoms with Crippen LogP contribution in [0.5, 0.6) is 5.88 Å². The van der Waals surface area contributed by atoms with E-state index in [4.69, 9.17) is 4.74 Å². The Balaban J connectivity index is 1.88. The summed E-state index contributed by atoms with van der Waals surface area (Å²) in [6, 6.07) is 7.77. The van der Waals surface area contributed by atoms with Crippen LogP contribution in [0.2, 0.25) is 0 Å². The maximum atomic E-state index is 11.9. The molecule has 0 radical (unpaired) electrons. The number of hydrogen-bond acceptors (Lipinski definition) is 7. The molecule has 0 unspecified atom stereocenters. The minimum atomic E-state index is -0.0336. The number of carbonyl (C=O) groups is 1. The summed E-state index contributed by atoms with van der Waals surface area (Å²) in [7, 11) is 0. The van der Waals surface area contributed by atoms with Crippen LogP contribution >= 0.6 is 0 Å². The lowest BCUT2D eigenvalue weighted by Gasteiger charge is -2.15. The molecule has 0 saturated carbocycles. The third-order valence-electron chi connectivity index (χ3n) is 4.69. The quantitative estimate of drug-likeness (QED) is 0.475. The molecule has 160 valence electrons. The maximum absolute atomic E-state index is 11.9. The van der Waals surface area contributed by atoms with Gasteiger partial charge in [0.1, 0.15) is 5.82 Å². The summed E-state index contributed by atoms with van der Waals surface area (Å²) in [6.07, 6.45) is 5.12. The molecule has 0 amide bonds. The Labute approximate surface area is 182 Å². The van der Waals surface area contributed by atoms with Crippen LogP contribution < -0.4 is 15.4 Å². The van der Waals surface area contributed by atoms with Crippen molar-refractivity contribution in [3.8, 4) is 5.88 Å². The number of allylic oxidation sites excluding steroid dienone is 1. The number of nitrogens with one attached hydrogen (secondary N) is 2. The third-order valence-corrected chi connectivity index (χ3v) is 4.69. The molecule has 2 heterocycles. The van der Waals surface area contributed by atoms with Gasteiger partial charge >= 0.3 is 0 Å². The zero-order valence-electron chi connectivity index (χ0n) is 18.3. The van der Waals surface area contributed by atoms with E-state index in [2.05, 4.69) is 32.2 Å². The van der Waals surface area contributed by atoms with Crippen LogP contribution in [-0.2, 0) is 11.2 Å². The van der Waals surface area contributed by atoms with Crippen LogP contribution in [0.25, 0.3) is 0 Å². The number of rotatable bonds is 9. The van der Waals surface area contributed by atoms with Gasteiger partial charge in [-0.05, 0) is 51.0 Å². The number of aryl methyl sites for hydroxylation is 3. The van der Waals surface area contributed by atoms with Crippen LogP contribution in [0.15, 0.2) is 49.3 Å². The number of ether oxygens (including phenoxy) is 1. The Morgan fingerprint density at radius 1 is 1.06 bits per heavy atom. The van der Waals surface area contributed by atoms with E-state index in [0.717, 1.165) is 33.6 Å². The lowest BCUT2D eigenvalue weighted by atomic mass is 10.0. The van der Waals surface area contributed by atoms with Crippen molar-refractivity contribution in [2.75, 3.05) is 17.2 Å². The first-order valence-corrected chi connectivity index (χ1v) is 10.1. The number of hydrogen-bond donors (Lipinski definition) is 2. The highest BCUT2D eigenvalue weighted by Gasteiger charge is 2.11. The standard InChI is InChI=1S/C24H27N5O2/c1-6-19(30)11-18-10-15(3)8-9-20(18)27-23-17(5)14-26-24(29-23)28-21-12-22(31-7-2)25-13-16(21)4/h6,8-10,12-14H,1,7,11H2,2-5H3,(H2,25,26,27,28,29). The van der Waals surface area contributed by atoms with E-state index in [1.165, 1.54) is 6.08 Å². The molecule has 0 fully saturated rings. The molecule has 0 atom stereocenters. The predicted molar refractivity (Wildman–Crippen MR) is 124 cm³/mol. The maximum Gasteiger partial charge on any atom is 0.229 e. The Kier molecular flexibility index (Phi) is 6.97. The summed E-state index contributed by atoms with van der Waals surface area (Å²) >= 11 is 0. The number of nitrogens with zero attached hydrogens (tertiary/aromatic N) is 3. The summed E-state index contributed by atoms with van der Waals surface area (Å²) in [5, 5.41) is 6.60. The SMILES string of the molecule is C=CC(=O)Cc1cc(C)ccc1Nc1nc(Nc2cc(OCC)ncc2C)ncc1C. The van der Waals surface area contributed by atoms with Crippen molar-refractivity contribution in [1.82, 2.24) is 15.0 Å². The number of pyridine rings is 1. The van der Waals surface area contributed by atoms with Crippen LogP contribution in [0.1, 0.15) is 29.2 Å². The molecule has 31 heavy (non-hydrogen) atoms. The Hall–Kier alpha value is -3.74. The molecule has 0 aliphatic heterocycles. The summed E-state index contributed by atoms with van der Waals surface area (Å²) in [5.41, 5.74) is 5.45. The van der Waals surface area contributed by atoms with Crippen molar-refractivity contribution in [3.63, 3.8) is 0 Å². The van der Waals surface area contributed by atoms with Crippen LogP contribution in [0, 0.1) is 20.8 Å². The van der Waals surface area contributed by atoms with Crippen molar-refractivity contribution in [1.29, 1.82) is 0 Å². The van der Waals surface area contributed by atoms with E-state index in [1.807, 2.05) is 52.0 Å². The second-order valence-corrected chi connectivity index (χ2v) is 7.25. The number of anilines is 4. The number of benzene rings is 1. The largest absolute Gasteiger partial charge is 0.478 e. The van der Waals surface area contributed by atoms with Gasteiger partial charge in [-0.1, -0.05) is 24.3 Å². The average Bonchev–Trinajstić information content (AvgIpc) is 2.74. The van der Waals surface area contributed by atoms with E-state index >= 15 is 0 Å². The van der Waals surface area contributed by atoms with Gasteiger partial charge in [0, 0.05) is 36.1 Å².